The van der Waals surface area contributed by atoms with Crippen LogP contribution in [-0.2, 0) is 0 Å². The summed E-state index contributed by atoms with van der Waals surface area (Å²) in [5.41, 5.74) is 0.388. The lowest BCUT2D eigenvalue weighted by atomic mass is 9.81. The van der Waals surface area contributed by atoms with Crippen molar-refractivity contribution in [1.82, 2.24) is 4.90 Å². The van der Waals surface area contributed by atoms with Crippen LogP contribution >= 0.6 is 0 Å². The fourth-order valence-corrected chi connectivity index (χ4v) is 2.71. The van der Waals surface area contributed by atoms with Gasteiger partial charge in [0.05, 0.1) is 0 Å². The van der Waals surface area contributed by atoms with Gasteiger partial charge in [-0.05, 0) is 50.2 Å². The summed E-state index contributed by atoms with van der Waals surface area (Å²) in [6, 6.07) is 0. The van der Waals surface area contributed by atoms with Gasteiger partial charge in [0.15, 0.2) is 0 Å². The highest BCUT2D eigenvalue weighted by Gasteiger charge is 2.18. The number of aliphatic hydroxyl groups is 1. The van der Waals surface area contributed by atoms with E-state index in [9.17, 15) is 0 Å². The van der Waals surface area contributed by atoms with Gasteiger partial charge in [0.25, 0.3) is 0 Å². The minimum absolute atomic E-state index is 0.344. The van der Waals surface area contributed by atoms with E-state index in [1.165, 1.54) is 45.3 Å². The Kier molecular flexibility index (Phi) is 9.76. The molecule has 0 rings (SSSR count). The average Bonchev–Trinajstić information content (AvgIpc) is 2.27. The summed E-state index contributed by atoms with van der Waals surface area (Å²) in [5, 5.41) is 9.15. The third-order valence-corrected chi connectivity index (χ3v) is 3.67. The molecule has 0 aromatic rings. The fourth-order valence-electron chi connectivity index (χ4n) is 2.71. The molecule has 0 bridgehead atoms. The van der Waals surface area contributed by atoms with E-state index in [0.717, 1.165) is 6.42 Å². The Hall–Kier alpha value is -0.0800. The first kappa shape index (κ1) is 17.9. The largest absolute Gasteiger partial charge is 0.396 e. The summed E-state index contributed by atoms with van der Waals surface area (Å²) < 4.78 is 0. The van der Waals surface area contributed by atoms with Crippen LogP contribution in [0.2, 0.25) is 0 Å². The zero-order valence-corrected chi connectivity index (χ0v) is 13.3. The Morgan fingerprint density at radius 3 is 2.06 bits per heavy atom. The number of hydrogen-bond donors (Lipinski definition) is 1. The molecular weight excluding hydrogens is 222 g/mol. The molecule has 0 spiro atoms. The van der Waals surface area contributed by atoms with Crippen LogP contribution in [0.1, 0.15) is 66.7 Å². The zero-order chi connectivity index (χ0) is 14.0. The van der Waals surface area contributed by atoms with Crippen molar-refractivity contribution in [3.05, 3.63) is 0 Å². The summed E-state index contributed by atoms with van der Waals surface area (Å²) in [6.07, 6.45) is 6.09. The van der Waals surface area contributed by atoms with E-state index >= 15 is 0 Å². The van der Waals surface area contributed by atoms with Gasteiger partial charge in [-0.3, -0.25) is 0 Å². The standard InChI is InChI=1S/C16H35NO/c1-6-17(7-2)12-9-8-10-15(11-13-18)14-16(3,4)5/h15,18H,6-14H2,1-5H3/t15-/m1/s1. The second-order valence-corrected chi connectivity index (χ2v) is 6.67. The molecule has 110 valence electrons. The summed E-state index contributed by atoms with van der Waals surface area (Å²) in [7, 11) is 0. The molecule has 0 fully saturated rings. The van der Waals surface area contributed by atoms with Gasteiger partial charge in [-0.1, -0.05) is 47.5 Å². The lowest BCUT2D eigenvalue weighted by molar-refractivity contribution is 0.204. The van der Waals surface area contributed by atoms with Crippen molar-refractivity contribution in [3.63, 3.8) is 0 Å². The predicted octanol–water partition coefficient (Wildman–Crippen LogP) is 3.93. The van der Waals surface area contributed by atoms with E-state index < -0.39 is 0 Å². The highest BCUT2D eigenvalue weighted by molar-refractivity contribution is 4.69. The number of aliphatic hydroxyl groups excluding tert-OH is 1. The Morgan fingerprint density at radius 1 is 1.00 bits per heavy atom. The van der Waals surface area contributed by atoms with Gasteiger partial charge in [-0.25, -0.2) is 0 Å². The quantitative estimate of drug-likeness (QED) is 0.599. The first-order valence-corrected chi connectivity index (χ1v) is 7.76. The van der Waals surface area contributed by atoms with Crippen molar-refractivity contribution in [2.45, 2.75) is 66.7 Å². The molecule has 0 radical (unpaired) electrons. The third kappa shape index (κ3) is 9.90. The van der Waals surface area contributed by atoms with Crippen LogP contribution in [0.3, 0.4) is 0 Å². The summed E-state index contributed by atoms with van der Waals surface area (Å²) >= 11 is 0. The van der Waals surface area contributed by atoms with Crippen molar-refractivity contribution < 1.29 is 5.11 Å². The molecule has 0 aromatic carbocycles. The molecule has 18 heavy (non-hydrogen) atoms. The maximum Gasteiger partial charge on any atom is 0.0433 e. The fraction of sp³-hybridized carbons (Fsp3) is 1.00. The highest BCUT2D eigenvalue weighted by Crippen LogP contribution is 2.29. The molecule has 0 unspecified atom stereocenters. The molecular formula is C16H35NO. The molecule has 1 atom stereocenters. The molecule has 0 amide bonds. The normalized spacial score (nSPS) is 14.2. The Bertz CT molecular complexity index is 182. The average molecular weight is 257 g/mol. The highest BCUT2D eigenvalue weighted by atomic mass is 16.3. The molecule has 2 heteroatoms. The van der Waals surface area contributed by atoms with Crippen molar-refractivity contribution in [2.75, 3.05) is 26.2 Å². The molecule has 1 N–H and O–H groups in total. The molecule has 0 aliphatic heterocycles. The lowest BCUT2D eigenvalue weighted by Gasteiger charge is -2.26. The first-order valence-electron chi connectivity index (χ1n) is 7.76. The van der Waals surface area contributed by atoms with Gasteiger partial charge < -0.3 is 10.0 Å². The van der Waals surface area contributed by atoms with Gasteiger partial charge in [0, 0.05) is 6.61 Å². The molecule has 0 aliphatic carbocycles. The maximum atomic E-state index is 9.15. The van der Waals surface area contributed by atoms with E-state index in [4.69, 9.17) is 5.11 Å². The van der Waals surface area contributed by atoms with Crippen LogP contribution < -0.4 is 0 Å². The SMILES string of the molecule is CCN(CC)CCCC[C@H](CCO)CC(C)(C)C. The summed E-state index contributed by atoms with van der Waals surface area (Å²) in [4.78, 5) is 2.49. The van der Waals surface area contributed by atoms with E-state index in [-0.39, 0.29) is 0 Å². The number of nitrogens with zero attached hydrogens (tertiary/aromatic N) is 1. The smallest absolute Gasteiger partial charge is 0.0433 e. The van der Waals surface area contributed by atoms with Crippen LogP contribution in [0, 0.1) is 11.3 Å². The van der Waals surface area contributed by atoms with E-state index in [1.807, 2.05) is 0 Å². The van der Waals surface area contributed by atoms with E-state index in [2.05, 4.69) is 39.5 Å². The molecule has 2 nitrogen and oxygen atoms in total. The Labute approximate surface area is 115 Å². The van der Waals surface area contributed by atoms with Crippen LogP contribution in [0.4, 0.5) is 0 Å². The number of rotatable bonds is 10. The van der Waals surface area contributed by atoms with Gasteiger partial charge in [-0.15, -0.1) is 0 Å². The Morgan fingerprint density at radius 2 is 1.61 bits per heavy atom. The van der Waals surface area contributed by atoms with Crippen LogP contribution in [0.25, 0.3) is 0 Å². The topological polar surface area (TPSA) is 23.5 Å². The zero-order valence-electron chi connectivity index (χ0n) is 13.3. The summed E-state index contributed by atoms with van der Waals surface area (Å²) in [5.74, 6) is 0.701. The first-order chi connectivity index (χ1) is 8.42. The van der Waals surface area contributed by atoms with Gasteiger partial charge in [0.1, 0.15) is 0 Å². The third-order valence-electron chi connectivity index (χ3n) is 3.67. The second kappa shape index (κ2) is 9.80. The minimum atomic E-state index is 0.344. The molecule has 0 saturated heterocycles. The lowest BCUT2D eigenvalue weighted by Crippen LogP contribution is -2.24. The van der Waals surface area contributed by atoms with E-state index in [0.29, 0.717) is 17.9 Å². The molecule has 0 aromatic heterocycles. The molecule has 0 aliphatic rings. The van der Waals surface area contributed by atoms with Crippen molar-refractivity contribution >= 4 is 0 Å². The monoisotopic (exact) mass is 257 g/mol. The van der Waals surface area contributed by atoms with Crippen LogP contribution in [0.5, 0.6) is 0 Å². The molecule has 0 heterocycles. The van der Waals surface area contributed by atoms with Gasteiger partial charge in [-0.2, -0.15) is 0 Å². The minimum Gasteiger partial charge on any atom is -0.396 e. The predicted molar refractivity (Wildman–Crippen MR) is 80.9 cm³/mol. The van der Waals surface area contributed by atoms with Crippen LogP contribution in [0.15, 0.2) is 0 Å². The van der Waals surface area contributed by atoms with Crippen molar-refractivity contribution in [3.8, 4) is 0 Å². The Balaban J connectivity index is 3.83. The van der Waals surface area contributed by atoms with Gasteiger partial charge >= 0.3 is 0 Å². The van der Waals surface area contributed by atoms with E-state index in [1.54, 1.807) is 0 Å². The maximum absolute atomic E-state index is 9.15. The van der Waals surface area contributed by atoms with Crippen molar-refractivity contribution in [1.29, 1.82) is 0 Å². The number of unbranched alkanes of at least 4 members (excludes halogenated alkanes) is 1. The van der Waals surface area contributed by atoms with Gasteiger partial charge in [0.2, 0.25) is 0 Å². The molecule has 0 saturated carbocycles. The van der Waals surface area contributed by atoms with Crippen LogP contribution in [-0.4, -0.2) is 36.2 Å². The summed E-state index contributed by atoms with van der Waals surface area (Å²) in [6.45, 7) is 15.3. The number of hydrogen-bond acceptors (Lipinski definition) is 2. The van der Waals surface area contributed by atoms with Crippen molar-refractivity contribution in [2.24, 2.45) is 11.3 Å². The second-order valence-electron chi connectivity index (χ2n) is 6.67.